The lowest BCUT2D eigenvalue weighted by Crippen LogP contribution is -2.42. The summed E-state index contributed by atoms with van der Waals surface area (Å²) in [6.07, 6.45) is 4.22. The summed E-state index contributed by atoms with van der Waals surface area (Å²) >= 11 is 1.25. The molecular formula is C25H24N6O3S. The van der Waals surface area contributed by atoms with E-state index in [1.165, 1.54) is 17.3 Å². The molecule has 0 bridgehead atoms. The van der Waals surface area contributed by atoms with Crippen LogP contribution in [0.2, 0.25) is 0 Å². The van der Waals surface area contributed by atoms with Gasteiger partial charge in [0.2, 0.25) is 5.91 Å². The summed E-state index contributed by atoms with van der Waals surface area (Å²) < 4.78 is 7.07. The number of aryl methyl sites for hydroxylation is 1. The Bertz CT molecular complexity index is 1260. The molecule has 0 aliphatic heterocycles. The van der Waals surface area contributed by atoms with Crippen LogP contribution in [0.4, 0.5) is 0 Å². The van der Waals surface area contributed by atoms with Gasteiger partial charge in [0.25, 0.3) is 5.91 Å². The summed E-state index contributed by atoms with van der Waals surface area (Å²) in [5.41, 5.74) is 7.29. The average molecular weight is 489 g/mol. The van der Waals surface area contributed by atoms with Gasteiger partial charge in [-0.3, -0.25) is 25.4 Å². The normalized spacial score (nSPS) is 10.5. The highest BCUT2D eigenvalue weighted by Crippen LogP contribution is 2.24. The molecule has 0 atom stereocenters. The van der Waals surface area contributed by atoms with E-state index in [4.69, 9.17) is 4.74 Å². The summed E-state index contributed by atoms with van der Waals surface area (Å²) in [7, 11) is 1.55. The van der Waals surface area contributed by atoms with E-state index in [1.54, 1.807) is 43.8 Å². The Labute approximate surface area is 206 Å². The van der Waals surface area contributed by atoms with Gasteiger partial charge in [0.15, 0.2) is 11.0 Å². The molecule has 0 aliphatic carbocycles. The topological polar surface area (TPSA) is 111 Å². The Hall–Kier alpha value is -4.18. The molecule has 0 spiro atoms. The summed E-state index contributed by atoms with van der Waals surface area (Å²) in [4.78, 5) is 28.8. The fourth-order valence-electron chi connectivity index (χ4n) is 3.30. The van der Waals surface area contributed by atoms with Crippen LogP contribution in [-0.4, -0.2) is 44.4 Å². The molecule has 2 N–H and O–H groups in total. The van der Waals surface area contributed by atoms with Crippen molar-refractivity contribution in [3.8, 4) is 17.1 Å². The molecule has 10 heteroatoms. The molecule has 0 saturated carbocycles. The number of hydrogen-bond acceptors (Lipinski definition) is 7. The molecule has 9 nitrogen and oxygen atoms in total. The molecule has 4 aromatic rings. The molecular weight excluding hydrogens is 464 g/mol. The van der Waals surface area contributed by atoms with Crippen LogP contribution in [0, 0.1) is 0 Å². The molecule has 4 rings (SSSR count). The van der Waals surface area contributed by atoms with Crippen LogP contribution in [0.25, 0.3) is 11.4 Å². The largest absolute Gasteiger partial charge is 0.497 e. The maximum Gasteiger partial charge on any atom is 0.269 e. The summed E-state index contributed by atoms with van der Waals surface area (Å²) in [5, 5.41) is 9.26. The van der Waals surface area contributed by atoms with Crippen molar-refractivity contribution in [2.45, 2.75) is 18.1 Å². The van der Waals surface area contributed by atoms with Crippen molar-refractivity contribution in [1.29, 1.82) is 0 Å². The van der Waals surface area contributed by atoms with E-state index in [-0.39, 0.29) is 11.7 Å². The number of ether oxygens (including phenoxy) is 1. The van der Waals surface area contributed by atoms with Gasteiger partial charge in [-0.05, 0) is 48.4 Å². The minimum atomic E-state index is -0.420. The highest BCUT2D eigenvalue weighted by atomic mass is 32.2. The van der Waals surface area contributed by atoms with E-state index in [2.05, 4.69) is 38.2 Å². The minimum absolute atomic E-state index is 0.0550. The van der Waals surface area contributed by atoms with Crippen LogP contribution in [0.1, 0.15) is 15.9 Å². The van der Waals surface area contributed by atoms with Crippen molar-refractivity contribution in [1.82, 2.24) is 30.6 Å². The first-order valence-electron chi connectivity index (χ1n) is 10.9. The standard InChI is InChI=1S/C25H24N6O3S/c1-34-21-11-9-19(10-12-21)24(33)29-27-22(32)17-35-25-30-28-23(20-8-5-14-26-16-20)31(25)15-13-18-6-3-2-4-7-18/h2-12,14,16H,13,15,17H2,1H3,(H,27,32)(H,29,33). The van der Waals surface area contributed by atoms with E-state index in [9.17, 15) is 9.59 Å². The van der Waals surface area contributed by atoms with Crippen molar-refractivity contribution < 1.29 is 14.3 Å². The molecule has 0 radical (unpaired) electrons. The van der Waals surface area contributed by atoms with E-state index in [0.717, 1.165) is 12.0 Å². The second-order valence-corrected chi connectivity index (χ2v) is 8.40. The maximum absolute atomic E-state index is 12.4. The molecule has 35 heavy (non-hydrogen) atoms. The number of rotatable bonds is 9. The molecule has 2 heterocycles. The Morgan fingerprint density at radius 2 is 1.77 bits per heavy atom. The predicted molar refractivity (Wildman–Crippen MR) is 133 cm³/mol. The van der Waals surface area contributed by atoms with Gasteiger partial charge < -0.3 is 9.30 Å². The van der Waals surface area contributed by atoms with Crippen molar-refractivity contribution in [3.05, 3.63) is 90.3 Å². The minimum Gasteiger partial charge on any atom is -0.497 e. The van der Waals surface area contributed by atoms with Gasteiger partial charge in [-0.1, -0.05) is 42.1 Å². The third-order valence-corrected chi connectivity index (χ3v) is 6.07. The number of aromatic nitrogens is 4. The van der Waals surface area contributed by atoms with Crippen LogP contribution in [0.15, 0.2) is 84.3 Å². The lowest BCUT2D eigenvalue weighted by molar-refractivity contribution is -0.119. The van der Waals surface area contributed by atoms with Crippen molar-refractivity contribution in [2.24, 2.45) is 0 Å². The summed E-state index contributed by atoms with van der Waals surface area (Å²) in [6.45, 7) is 0.638. The molecule has 0 aliphatic rings. The van der Waals surface area contributed by atoms with Crippen LogP contribution in [0.3, 0.4) is 0 Å². The first-order valence-corrected chi connectivity index (χ1v) is 11.9. The van der Waals surface area contributed by atoms with Crippen LogP contribution < -0.4 is 15.6 Å². The molecule has 0 fully saturated rings. The van der Waals surface area contributed by atoms with Gasteiger partial charge in [0, 0.05) is 30.1 Å². The summed E-state index contributed by atoms with van der Waals surface area (Å²) in [6, 6.07) is 20.5. The SMILES string of the molecule is COc1ccc(C(=O)NNC(=O)CSc2nnc(-c3cccnc3)n2CCc2ccccc2)cc1. The number of pyridine rings is 1. The number of nitrogens with zero attached hydrogens (tertiary/aromatic N) is 4. The number of hydrazine groups is 1. The smallest absolute Gasteiger partial charge is 0.269 e. The average Bonchev–Trinajstić information content (AvgIpc) is 3.33. The number of thioether (sulfide) groups is 1. The van der Waals surface area contributed by atoms with Crippen molar-refractivity contribution in [2.75, 3.05) is 12.9 Å². The molecule has 2 aromatic carbocycles. The molecule has 0 unspecified atom stereocenters. The van der Waals surface area contributed by atoms with E-state index < -0.39 is 5.91 Å². The fourth-order valence-corrected chi connectivity index (χ4v) is 4.06. The zero-order valence-electron chi connectivity index (χ0n) is 19.0. The fraction of sp³-hybridized carbons (Fsp3) is 0.160. The number of carbonyl (C=O) groups is 2. The zero-order valence-corrected chi connectivity index (χ0v) is 19.9. The Kier molecular flexibility index (Phi) is 8.08. The van der Waals surface area contributed by atoms with E-state index in [1.807, 2.05) is 34.9 Å². The number of benzene rings is 2. The Balaban J connectivity index is 1.39. The van der Waals surface area contributed by atoms with Crippen LogP contribution in [-0.2, 0) is 17.8 Å². The van der Waals surface area contributed by atoms with Gasteiger partial charge >= 0.3 is 0 Å². The number of methoxy groups -OCH3 is 1. The third-order valence-electron chi connectivity index (χ3n) is 5.10. The second kappa shape index (κ2) is 11.8. The van der Waals surface area contributed by atoms with E-state index in [0.29, 0.717) is 28.8 Å². The van der Waals surface area contributed by atoms with Crippen LogP contribution >= 0.6 is 11.8 Å². The van der Waals surface area contributed by atoms with Gasteiger partial charge in [0.05, 0.1) is 12.9 Å². The van der Waals surface area contributed by atoms with Gasteiger partial charge in [-0.15, -0.1) is 10.2 Å². The highest BCUT2D eigenvalue weighted by molar-refractivity contribution is 7.99. The number of carbonyl (C=O) groups excluding carboxylic acids is 2. The summed E-state index contributed by atoms with van der Waals surface area (Å²) in [5.74, 6) is 0.599. The second-order valence-electron chi connectivity index (χ2n) is 7.45. The van der Waals surface area contributed by atoms with Crippen LogP contribution in [0.5, 0.6) is 5.75 Å². The lowest BCUT2D eigenvalue weighted by Gasteiger charge is -2.11. The zero-order chi connectivity index (χ0) is 24.5. The first kappa shape index (κ1) is 24.0. The lowest BCUT2D eigenvalue weighted by atomic mass is 10.1. The molecule has 2 aromatic heterocycles. The quantitative estimate of drug-likeness (QED) is 0.275. The Morgan fingerprint density at radius 1 is 0.971 bits per heavy atom. The molecule has 178 valence electrons. The van der Waals surface area contributed by atoms with Gasteiger partial charge in [-0.2, -0.15) is 0 Å². The van der Waals surface area contributed by atoms with Crippen molar-refractivity contribution >= 4 is 23.6 Å². The van der Waals surface area contributed by atoms with E-state index >= 15 is 0 Å². The number of nitrogens with one attached hydrogen (secondary N) is 2. The maximum atomic E-state index is 12.4. The number of amides is 2. The molecule has 2 amide bonds. The first-order chi connectivity index (χ1) is 17.1. The Morgan fingerprint density at radius 3 is 2.49 bits per heavy atom. The highest BCUT2D eigenvalue weighted by Gasteiger charge is 2.16. The monoisotopic (exact) mass is 488 g/mol. The third kappa shape index (κ3) is 6.45. The number of hydrogen-bond donors (Lipinski definition) is 2. The van der Waals surface area contributed by atoms with Crippen molar-refractivity contribution in [3.63, 3.8) is 0 Å². The predicted octanol–water partition coefficient (Wildman–Crippen LogP) is 3.14. The van der Waals surface area contributed by atoms with Gasteiger partial charge in [0.1, 0.15) is 5.75 Å². The van der Waals surface area contributed by atoms with Gasteiger partial charge in [-0.25, -0.2) is 0 Å². The molecule has 0 saturated heterocycles.